The van der Waals surface area contributed by atoms with E-state index in [4.69, 9.17) is 23.7 Å². The molecule has 0 radical (unpaired) electrons. The monoisotopic (exact) mass is 775 g/mol. The molecule has 0 spiro atoms. The van der Waals surface area contributed by atoms with Crippen LogP contribution >= 0.6 is 0 Å². The van der Waals surface area contributed by atoms with E-state index in [9.17, 15) is 29.4 Å². The van der Waals surface area contributed by atoms with Crippen LogP contribution in [0.2, 0.25) is 0 Å². The summed E-state index contributed by atoms with van der Waals surface area (Å²) in [4.78, 5) is 57.7. The summed E-state index contributed by atoms with van der Waals surface area (Å²) in [6, 6.07) is -1.00. The van der Waals surface area contributed by atoms with Crippen molar-refractivity contribution in [2.24, 2.45) is 29.6 Å². The minimum absolute atomic E-state index is 0.0326. The molecule has 4 aliphatic rings. The first-order valence-corrected chi connectivity index (χ1v) is 20.7. The maximum absolute atomic E-state index is 14.3. The Bertz CT molecular complexity index is 1380. The molecule has 1 saturated carbocycles. The van der Waals surface area contributed by atoms with Crippen molar-refractivity contribution < 1.29 is 53.1 Å². The summed E-state index contributed by atoms with van der Waals surface area (Å²) in [5.74, 6) is -3.45. The lowest BCUT2D eigenvalue weighted by Crippen LogP contribution is -2.58. The molecule has 0 aromatic heterocycles. The third-order valence-corrected chi connectivity index (χ3v) is 12.7. The summed E-state index contributed by atoms with van der Waals surface area (Å²) in [7, 11) is 4.80. The molecular weight excluding hydrogens is 706 g/mol. The highest BCUT2D eigenvalue weighted by Crippen LogP contribution is 2.35. The van der Waals surface area contributed by atoms with Crippen molar-refractivity contribution >= 4 is 23.4 Å². The molecule has 2 N–H and O–H groups in total. The van der Waals surface area contributed by atoms with Gasteiger partial charge in [-0.25, -0.2) is 4.79 Å². The average molecular weight is 776 g/mol. The lowest BCUT2D eigenvalue weighted by atomic mass is 9.81. The van der Waals surface area contributed by atoms with Gasteiger partial charge in [0.05, 0.1) is 30.5 Å². The molecule has 1 aliphatic carbocycles. The Balaban J connectivity index is 1.73. The van der Waals surface area contributed by atoms with E-state index in [1.54, 1.807) is 28.3 Å². The lowest BCUT2D eigenvalue weighted by molar-refractivity contribution is -0.199. The van der Waals surface area contributed by atoms with Crippen LogP contribution in [0.1, 0.15) is 112 Å². The highest BCUT2D eigenvalue weighted by atomic mass is 16.6. The SMILES string of the molecule is CC[C@@H]1/C=C(\C)C[C@H](C)C[C@H](OC)[C@H]2OC(C(=O)C(=O)N3CCCC[C@H]3C(=O)O[C@H](/C(C)=C/[C@@H]3CC[C@@H](O)[C@H](OC)C3)[C@H](C)[C@@H](O)CC1=O)[C@@H](C)C[C@@H]2OC. The number of fused-ring (bicyclic) bond motifs is 3. The van der Waals surface area contributed by atoms with E-state index in [0.717, 1.165) is 5.57 Å². The molecule has 12 nitrogen and oxygen atoms in total. The highest BCUT2D eigenvalue weighted by Gasteiger charge is 2.48. The Morgan fingerprint density at radius 2 is 1.56 bits per heavy atom. The highest BCUT2D eigenvalue weighted by molar-refractivity contribution is 6.38. The van der Waals surface area contributed by atoms with Crippen LogP contribution in [0.3, 0.4) is 0 Å². The summed E-state index contributed by atoms with van der Waals surface area (Å²) < 4.78 is 30.2. The second kappa shape index (κ2) is 20.8. The summed E-state index contributed by atoms with van der Waals surface area (Å²) in [6.45, 7) is 11.8. The number of esters is 1. The van der Waals surface area contributed by atoms with Gasteiger partial charge in [-0.15, -0.1) is 0 Å². The minimum atomic E-state index is -1.12. The third-order valence-electron chi connectivity index (χ3n) is 12.7. The zero-order chi connectivity index (χ0) is 40.6. The summed E-state index contributed by atoms with van der Waals surface area (Å²) in [5, 5.41) is 22.1. The topological polar surface area (TPSA) is 158 Å². The number of aliphatic hydroxyl groups is 2. The zero-order valence-electron chi connectivity index (χ0n) is 34.7. The molecule has 2 bridgehead atoms. The van der Waals surface area contributed by atoms with Crippen molar-refractivity contribution in [2.45, 2.75) is 167 Å². The fourth-order valence-electron chi connectivity index (χ4n) is 9.40. The standard InChI is InChI=1S/C43H69NO11/c1-10-30-18-24(2)17-25(3)19-36(52-8)41-37(53-9)21-27(5)40(54-41)38(48)42(49)44-16-12-11-13-31(44)43(50)55-39(28(6)33(46)23-34(30)47)26(4)20-29-14-15-32(45)35(22-29)51-7/h18,20,25,27-33,35-37,39-41,45-46H,10-17,19,21-23H2,1-9H3/b24-18+,26-20+/t25-,27-,28+,29-,30+,31-,32+,33-,35+,36-,37-,39+,40?,41+/m0/s1. The number of Topliss-reactive ketones (excluding diaryl/α,β-unsaturated/α-hetero) is 2. The van der Waals surface area contributed by atoms with Gasteiger partial charge >= 0.3 is 5.97 Å². The molecule has 12 heteroatoms. The van der Waals surface area contributed by atoms with Crippen LogP contribution in [0.5, 0.6) is 0 Å². The first kappa shape index (κ1) is 45.2. The number of aliphatic hydroxyl groups excluding tert-OH is 2. The molecule has 2 saturated heterocycles. The van der Waals surface area contributed by atoms with Gasteiger partial charge in [0.2, 0.25) is 5.78 Å². The molecule has 312 valence electrons. The number of hydrogen-bond donors (Lipinski definition) is 2. The van der Waals surface area contributed by atoms with Crippen LogP contribution in [-0.4, -0.2) is 121 Å². The predicted octanol–water partition coefficient (Wildman–Crippen LogP) is 5.15. The molecule has 1 unspecified atom stereocenters. The van der Waals surface area contributed by atoms with Crippen LogP contribution in [-0.2, 0) is 42.9 Å². The van der Waals surface area contributed by atoms with Crippen LogP contribution in [0.4, 0.5) is 0 Å². The van der Waals surface area contributed by atoms with Gasteiger partial charge in [0.25, 0.3) is 5.91 Å². The van der Waals surface area contributed by atoms with Crippen molar-refractivity contribution in [1.82, 2.24) is 4.90 Å². The number of carbonyl (C=O) groups is 4. The number of nitrogens with zero attached hydrogens (tertiary/aromatic N) is 1. The lowest BCUT2D eigenvalue weighted by Gasteiger charge is -2.43. The molecular formula is C43H69NO11. The van der Waals surface area contributed by atoms with Gasteiger partial charge in [0.1, 0.15) is 30.1 Å². The van der Waals surface area contributed by atoms with Gasteiger partial charge in [-0.05, 0) is 101 Å². The van der Waals surface area contributed by atoms with E-state index in [1.807, 2.05) is 39.8 Å². The van der Waals surface area contributed by atoms with Crippen LogP contribution in [0.15, 0.2) is 23.3 Å². The van der Waals surface area contributed by atoms with Gasteiger partial charge in [0.15, 0.2) is 0 Å². The number of allylic oxidation sites excluding steroid dienone is 3. The second-order valence-corrected chi connectivity index (χ2v) is 17.0. The van der Waals surface area contributed by atoms with Crippen LogP contribution in [0.25, 0.3) is 0 Å². The number of ketones is 2. The molecule has 14 atom stereocenters. The number of methoxy groups -OCH3 is 3. The average Bonchev–Trinajstić information content (AvgIpc) is 3.17. The molecule has 3 aliphatic heterocycles. The number of amides is 1. The molecule has 1 amide bonds. The number of hydrogen-bond acceptors (Lipinski definition) is 11. The Morgan fingerprint density at radius 3 is 2.22 bits per heavy atom. The van der Waals surface area contributed by atoms with Crippen molar-refractivity contribution in [3.63, 3.8) is 0 Å². The van der Waals surface area contributed by atoms with E-state index in [2.05, 4.69) is 6.92 Å². The largest absolute Gasteiger partial charge is 0.456 e. The quantitative estimate of drug-likeness (QED) is 0.209. The summed E-state index contributed by atoms with van der Waals surface area (Å²) >= 11 is 0. The first-order chi connectivity index (χ1) is 26.1. The van der Waals surface area contributed by atoms with Crippen molar-refractivity contribution in [3.05, 3.63) is 23.3 Å². The van der Waals surface area contributed by atoms with Gasteiger partial charge in [-0.2, -0.15) is 0 Å². The van der Waals surface area contributed by atoms with E-state index in [0.29, 0.717) is 69.8 Å². The summed E-state index contributed by atoms with van der Waals surface area (Å²) in [6.07, 6.45) is 4.38. The van der Waals surface area contributed by atoms with Gasteiger partial charge in [-0.1, -0.05) is 45.4 Å². The Labute approximate surface area is 328 Å². The van der Waals surface area contributed by atoms with Crippen molar-refractivity contribution in [3.8, 4) is 0 Å². The molecule has 0 aromatic rings. The van der Waals surface area contributed by atoms with E-state index >= 15 is 0 Å². The molecule has 55 heavy (non-hydrogen) atoms. The number of rotatable bonds is 6. The third kappa shape index (κ3) is 11.3. The fourth-order valence-corrected chi connectivity index (χ4v) is 9.40. The Hall–Kier alpha value is -2.48. The number of carbonyl (C=O) groups excluding carboxylic acids is 4. The maximum Gasteiger partial charge on any atom is 0.329 e. The van der Waals surface area contributed by atoms with Crippen molar-refractivity contribution in [1.29, 1.82) is 0 Å². The molecule has 4 rings (SSSR count). The first-order valence-electron chi connectivity index (χ1n) is 20.7. The minimum Gasteiger partial charge on any atom is -0.456 e. The number of cyclic esters (lactones) is 1. The summed E-state index contributed by atoms with van der Waals surface area (Å²) in [5.41, 5.74) is 1.75. The number of ether oxygens (including phenoxy) is 5. The molecule has 3 heterocycles. The van der Waals surface area contributed by atoms with Gasteiger partial charge < -0.3 is 38.8 Å². The maximum atomic E-state index is 14.3. The van der Waals surface area contributed by atoms with Crippen molar-refractivity contribution in [2.75, 3.05) is 27.9 Å². The van der Waals surface area contributed by atoms with Crippen LogP contribution in [0, 0.1) is 29.6 Å². The smallest absolute Gasteiger partial charge is 0.329 e. The molecule has 3 fully saturated rings. The van der Waals surface area contributed by atoms with Gasteiger partial charge in [-0.3, -0.25) is 14.4 Å². The Kier molecular flexibility index (Phi) is 17.1. The Morgan fingerprint density at radius 1 is 0.891 bits per heavy atom. The van der Waals surface area contributed by atoms with E-state index < -0.39 is 72.2 Å². The predicted molar refractivity (Wildman–Crippen MR) is 207 cm³/mol. The second-order valence-electron chi connectivity index (χ2n) is 17.0. The molecule has 0 aromatic carbocycles. The normalized spacial score (nSPS) is 40.7. The zero-order valence-corrected chi connectivity index (χ0v) is 34.7. The van der Waals surface area contributed by atoms with E-state index in [-0.39, 0.29) is 48.7 Å². The fraction of sp³-hybridized carbons (Fsp3) is 0.814. The number of piperidine rings is 1. The van der Waals surface area contributed by atoms with Crippen LogP contribution < -0.4 is 0 Å². The van der Waals surface area contributed by atoms with Gasteiger partial charge in [0, 0.05) is 46.1 Å². The van der Waals surface area contributed by atoms with E-state index in [1.165, 1.54) is 4.90 Å².